The van der Waals surface area contributed by atoms with E-state index in [1.807, 2.05) is 24.3 Å². The van der Waals surface area contributed by atoms with E-state index in [4.69, 9.17) is 0 Å². The first-order valence-electron chi connectivity index (χ1n) is 17.9. The van der Waals surface area contributed by atoms with Gasteiger partial charge >= 0.3 is 16.5 Å². The summed E-state index contributed by atoms with van der Waals surface area (Å²) in [5, 5.41) is 0. The molecule has 0 N–H and O–H groups in total. The molecule has 0 atom stereocenters. The van der Waals surface area contributed by atoms with Gasteiger partial charge in [0.15, 0.2) is 0 Å². The predicted molar refractivity (Wildman–Crippen MR) is 206 cm³/mol. The third-order valence-electron chi connectivity index (χ3n) is 9.83. The Kier molecular flexibility index (Phi) is 13.0. The maximum Gasteiger partial charge on any atom is 2.00 e. The van der Waals surface area contributed by atoms with Crippen molar-refractivity contribution in [2.24, 2.45) is 11.8 Å². The van der Waals surface area contributed by atoms with E-state index >= 15 is 0 Å². The largest absolute Gasteiger partial charge is 2.00 e. The third kappa shape index (κ3) is 8.76. The summed E-state index contributed by atoms with van der Waals surface area (Å²) >= 11 is 0. The Balaban J connectivity index is 0.000000224. The van der Waals surface area contributed by atoms with E-state index in [1.165, 1.54) is 22.5 Å². The number of pyridine rings is 2. The molecule has 2 aliphatic heterocycles. The van der Waals surface area contributed by atoms with Gasteiger partial charge in [-0.25, -0.2) is 0 Å². The minimum absolute atomic E-state index is 0. The summed E-state index contributed by atoms with van der Waals surface area (Å²) < 4.78 is 0. The maximum atomic E-state index is 12.8. The van der Waals surface area contributed by atoms with Gasteiger partial charge in [-0.15, -0.1) is 0 Å². The van der Waals surface area contributed by atoms with E-state index in [1.54, 1.807) is 36.7 Å². The van der Waals surface area contributed by atoms with Crippen LogP contribution in [0.15, 0.2) is 121 Å². The molecule has 4 aromatic rings. The average Bonchev–Trinajstić information content (AvgIpc) is 3.45. The van der Waals surface area contributed by atoms with Gasteiger partial charge in [-0.05, 0) is 72.2 Å². The quantitative estimate of drug-likeness (QED) is 0.0921. The van der Waals surface area contributed by atoms with Gasteiger partial charge in [0, 0.05) is 71.2 Å². The zero-order valence-electron chi connectivity index (χ0n) is 31.3. The molecule has 7 heteroatoms. The second-order valence-electron chi connectivity index (χ2n) is 15.2. The normalized spacial score (nSPS) is 16.8. The van der Waals surface area contributed by atoms with E-state index in [9.17, 15) is 9.59 Å². The van der Waals surface area contributed by atoms with Crippen molar-refractivity contribution in [3.05, 3.63) is 143 Å². The minimum Gasteiger partial charge on any atom is -0.344 e. The molecule has 0 amide bonds. The fourth-order valence-corrected chi connectivity index (χ4v) is 6.87. The summed E-state index contributed by atoms with van der Waals surface area (Å²) in [6.45, 7) is 19.5. The predicted octanol–water partition coefficient (Wildman–Crippen LogP) is 9.98. The first kappa shape index (κ1) is 39.4. The zero-order chi connectivity index (χ0) is 36.1. The van der Waals surface area contributed by atoms with Crippen LogP contribution in [0.2, 0.25) is 0 Å². The molecule has 0 fully saturated rings. The van der Waals surface area contributed by atoms with Crippen LogP contribution in [0, 0.1) is 11.8 Å². The summed E-state index contributed by atoms with van der Waals surface area (Å²) in [6, 6.07) is 27.8. The molecule has 2 aromatic heterocycles. The van der Waals surface area contributed by atoms with E-state index in [0.717, 1.165) is 37.3 Å². The van der Waals surface area contributed by atoms with Crippen molar-refractivity contribution in [1.82, 2.24) is 9.97 Å². The van der Waals surface area contributed by atoms with Gasteiger partial charge in [0.2, 0.25) is 11.6 Å². The third-order valence-corrected chi connectivity index (χ3v) is 9.83. The van der Waals surface area contributed by atoms with Crippen molar-refractivity contribution >= 4 is 22.9 Å². The summed E-state index contributed by atoms with van der Waals surface area (Å²) in [4.78, 5) is 38.6. The Morgan fingerprint density at radius 3 is 1.27 bits per heavy atom. The van der Waals surface area contributed by atoms with Crippen molar-refractivity contribution in [2.45, 2.75) is 79.1 Å². The standard InChI is InChI=1S/2C22H26N2O.Ni/c2*1-16(2)12-14-24-19-11-6-5-9-17(19)22(3,4)21(24)15-20(25)18-10-7-8-13-23-18;/h2*5-11,13,15-16H,12,14H2,1-4H3;/q;;+2/b2*21-15-;. The number of allylic oxidation sites excluding steroid dienone is 4. The minimum atomic E-state index is -0.196. The number of hydrogen-bond donors (Lipinski definition) is 0. The Labute approximate surface area is 315 Å². The van der Waals surface area contributed by atoms with Crippen molar-refractivity contribution in [1.29, 1.82) is 0 Å². The number of ketones is 2. The van der Waals surface area contributed by atoms with Gasteiger partial charge in [-0.2, -0.15) is 0 Å². The number of rotatable bonds is 10. The summed E-state index contributed by atoms with van der Waals surface area (Å²) in [5.41, 5.74) is 7.70. The van der Waals surface area contributed by atoms with Crippen LogP contribution in [0.25, 0.3) is 0 Å². The molecule has 0 radical (unpaired) electrons. The smallest absolute Gasteiger partial charge is 0.344 e. The number of fused-ring (bicyclic) bond motifs is 2. The fourth-order valence-electron chi connectivity index (χ4n) is 6.87. The molecule has 268 valence electrons. The van der Waals surface area contributed by atoms with Crippen molar-refractivity contribution in [3.8, 4) is 0 Å². The molecule has 2 aliphatic rings. The first-order chi connectivity index (χ1) is 23.8. The molecule has 0 bridgehead atoms. The molecular formula is C44H52N4NiO2+2. The van der Waals surface area contributed by atoms with Crippen LogP contribution >= 0.6 is 0 Å². The van der Waals surface area contributed by atoms with Crippen LogP contribution in [0.1, 0.15) is 100 Å². The molecule has 0 spiro atoms. The van der Waals surface area contributed by atoms with Gasteiger partial charge in [-0.3, -0.25) is 19.6 Å². The van der Waals surface area contributed by atoms with E-state index in [0.29, 0.717) is 23.2 Å². The zero-order valence-corrected chi connectivity index (χ0v) is 32.3. The number of carbonyl (C=O) groups excluding carboxylic acids is 2. The van der Waals surface area contributed by atoms with E-state index in [-0.39, 0.29) is 38.9 Å². The van der Waals surface area contributed by atoms with Crippen LogP contribution in [-0.2, 0) is 27.3 Å². The molecule has 0 unspecified atom stereocenters. The average molecular weight is 728 g/mol. The molecule has 0 aliphatic carbocycles. The van der Waals surface area contributed by atoms with Crippen molar-refractivity contribution in [3.63, 3.8) is 0 Å². The van der Waals surface area contributed by atoms with Gasteiger partial charge in [0.05, 0.1) is 0 Å². The van der Waals surface area contributed by atoms with Gasteiger partial charge in [0.25, 0.3) is 0 Å². The van der Waals surface area contributed by atoms with E-state index < -0.39 is 0 Å². The van der Waals surface area contributed by atoms with Gasteiger partial charge in [-0.1, -0.05) is 104 Å². The number of benzene rings is 2. The van der Waals surface area contributed by atoms with Gasteiger partial charge < -0.3 is 9.80 Å². The number of hydrogen-bond acceptors (Lipinski definition) is 6. The maximum absolute atomic E-state index is 12.8. The second-order valence-corrected chi connectivity index (χ2v) is 15.2. The molecule has 2 aromatic carbocycles. The van der Waals surface area contributed by atoms with Crippen LogP contribution in [0.3, 0.4) is 0 Å². The Morgan fingerprint density at radius 2 is 0.941 bits per heavy atom. The molecule has 4 heterocycles. The molecule has 0 saturated carbocycles. The van der Waals surface area contributed by atoms with Crippen LogP contribution in [0.4, 0.5) is 11.4 Å². The number of para-hydroxylation sites is 2. The molecule has 51 heavy (non-hydrogen) atoms. The number of carbonyl (C=O) groups is 2. The fraction of sp³-hybridized carbons (Fsp3) is 0.364. The van der Waals surface area contributed by atoms with Crippen LogP contribution < -0.4 is 9.80 Å². The van der Waals surface area contributed by atoms with Crippen LogP contribution in [0.5, 0.6) is 0 Å². The molecule has 6 rings (SSSR count). The van der Waals surface area contributed by atoms with Crippen molar-refractivity contribution < 1.29 is 26.1 Å². The number of nitrogens with zero attached hydrogens (tertiary/aromatic N) is 4. The van der Waals surface area contributed by atoms with E-state index in [2.05, 4.69) is 124 Å². The Bertz CT molecular complexity index is 1730. The summed E-state index contributed by atoms with van der Waals surface area (Å²) in [6.07, 6.45) is 9.05. The second kappa shape index (κ2) is 16.8. The monoisotopic (exact) mass is 726 g/mol. The molecule has 6 nitrogen and oxygen atoms in total. The number of anilines is 2. The first-order valence-corrected chi connectivity index (χ1v) is 17.9. The molecule has 0 saturated heterocycles. The van der Waals surface area contributed by atoms with Crippen LogP contribution in [-0.4, -0.2) is 34.6 Å². The SMILES string of the molecule is CC(C)CCN1/C(=C\C(=O)c2ccccn2)C(C)(C)c2ccccc21.CC(C)CCN1/C(=C\C(=O)c2ccccn2)C(C)(C)c2ccccc21.[Ni+2]. The summed E-state index contributed by atoms with van der Waals surface area (Å²) in [5.74, 6) is 1.16. The molecular weight excluding hydrogens is 675 g/mol. The topological polar surface area (TPSA) is 66.4 Å². The number of aromatic nitrogens is 2. The van der Waals surface area contributed by atoms with Gasteiger partial charge in [0.1, 0.15) is 11.4 Å². The Hall–Kier alpha value is -4.35. The van der Waals surface area contributed by atoms with Crippen molar-refractivity contribution in [2.75, 3.05) is 22.9 Å². The summed E-state index contributed by atoms with van der Waals surface area (Å²) in [7, 11) is 0. The Morgan fingerprint density at radius 1 is 0.588 bits per heavy atom.